The molecule has 0 aromatic carbocycles. The number of rotatable bonds is 3. The number of carbonyl (C=O) groups excluding carboxylic acids is 1. The number of piperidine rings is 1. The van der Waals surface area contributed by atoms with Crippen LogP contribution in [0.15, 0.2) is 11.4 Å². The first-order chi connectivity index (χ1) is 8.63. The summed E-state index contributed by atoms with van der Waals surface area (Å²) in [7, 11) is 1.98. The minimum atomic E-state index is 0.216. The lowest BCUT2D eigenvalue weighted by Crippen LogP contribution is -2.46. The van der Waals surface area contributed by atoms with E-state index in [2.05, 4.69) is 25.2 Å². The van der Waals surface area contributed by atoms with E-state index >= 15 is 0 Å². The number of thiophene rings is 1. The molecular formula is C14H22N2OS. The van der Waals surface area contributed by atoms with Gasteiger partial charge in [-0.25, -0.2) is 0 Å². The predicted octanol–water partition coefficient (Wildman–Crippen LogP) is 2.70. The monoisotopic (exact) mass is 266 g/mol. The van der Waals surface area contributed by atoms with E-state index in [0.29, 0.717) is 12.0 Å². The molecule has 1 fully saturated rings. The molecule has 1 aliphatic heterocycles. The zero-order valence-electron chi connectivity index (χ0n) is 11.4. The Morgan fingerprint density at radius 1 is 1.56 bits per heavy atom. The summed E-state index contributed by atoms with van der Waals surface area (Å²) in [6, 6.07) is 2.53. The molecule has 1 N–H and O–H groups in total. The van der Waals surface area contributed by atoms with Crippen LogP contribution in [0.2, 0.25) is 0 Å². The minimum Gasteiger partial charge on any atom is -0.336 e. The van der Waals surface area contributed by atoms with Crippen molar-refractivity contribution in [2.24, 2.45) is 0 Å². The smallest absolute Gasteiger partial charge is 0.264 e. The number of likely N-dealkylation sites (tertiary alicyclic amines) is 1. The molecule has 0 spiro atoms. The summed E-state index contributed by atoms with van der Waals surface area (Å²) >= 11 is 1.58. The highest BCUT2D eigenvalue weighted by Gasteiger charge is 2.26. The Bertz CT molecular complexity index is 414. The summed E-state index contributed by atoms with van der Waals surface area (Å²) in [5.74, 6) is 0.633. The van der Waals surface area contributed by atoms with Gasteiger partial charge in [0.05, 0.1) is 4.88 Å². The molecule has 2 rings (SSSR count). The molecule has 1 aliphatic rings. The number of carbonyl (C=O) groups is 1. The lowest BCUT2D eigenvalue weighted by Gasteiger charge is -2.32. The Morgan fingerprint density at radius 3 is 3.00 bits per heavy atom. The zero-order chi connectivity index (χ0) is 13.1. The van der Waals surface area contributed by atoms with E-state index in [1.54, 1.807) is 11.3 Å². The molecule has 4 heteroatoms. The summed E-state index contributed by atoms with van der Waals surface area (Å²) in [5.41, 5.74) is 1.19. The summed E-state index contributed by atoms with van der Waals surface area (Å²) < 4.78 is 0. The molecule has 0 bridgehead atoms. The SMILES string of the molecule is CN[C@@H]1CCCN(C(=O)c2sccc2C(C)C)C1. The van der Waals surface area contributed by atoms with Crippen LogP contribution < -0.4 is 5.32 Å². The third kappa shape index (κ3) is 2.75. The van der Waals surface area contributed by atoms with Gasteiger partial charge >= 0.3 is 0 Å². The summed E-state index contributed by atoms with van der Waals surface area (Å²) in [6.07, 6.45) is 2.27. The van der Waals surface area contributed by atoms with Crippen molar-refractivity contribution in [1.82, 2.24) is 10.2 Å². The van der Waals surface area contributed by atoms with Gasteiger partial charge in [-0.05, 0) is 42.8 Å². The number of hydrogen-bond acceptors (Lipinski definition) is 3. The van der Waals surface area contributed by atoms with Crippen LogP contribution in [0.3, 0.4) is 0 Å². The van der Waals surface area contributed by atoms with Gasteiger partial charge < -0.3 is 10.2 Å². The summed E-state index contributed by atoms with van der Waals surface area (Å²) in [5, 5.41) is 5.31. The topological polar surface area (TPSA) is 32.3 Å². The van der Waals surface area contributed by atoms with Crippen LogP contribution in [0.4, 0.5) is 0 Å². The number of hydrogen-bond donors (Lipinski definition) is 1. The van der Waals surface area contributed by atoms with Crippen molar-refractivity contribution in [3.05, 3.63) is 21.9 Å². The van der Waals surface area contributed by atoms with E-state index in [4.69, 9.17) is 0 Å². The third-order valence-electron chi connectivity index (χ3n) is 3.63. The van der Waals surface area contributed by atoms with Gasteiger partial charge in [-0.2, -0.15) is 0 Å². The van der Waals surface area contributed by atoms with Crippen molar-refractivity contribution in [3.8, 4) is 0 Å². The molecule has 2 heterocycles. The molecule has 1 amide bonds. The van der Waals surface area contributed by atoms with Crippen LogP contribution in [0.1, 0.15) is 47.8 Å². The number of likely N-dealkylation sites (N-methyl/N-ethyl adjacent to an activating group) is 1. The molecule has 3 nitrogen and oxygen atoms in total. The Hall–Kier alpha value is -0.870. The minimum absolute atomic E-state index is 0.216. The normalized spacial score (nSPS) is 20.4. The first kappa shape index (κ1) is 13.6. The maximum atomic E-state index is 12.6. The van der Waals surface area contributed by atoms with Gasteiger partial charge in [0.25, 0.3) is 5.91 Å². The van der Waals surface area contributed by atoms with Crippen LogP contribution >= 0.6 is 11.3 Å². The molecule has 0 unspecified atom stereocenters. The zero-order valence-corrected chi connectivity index (χ0v) is 12.2. The number of amides is 1. The molecule has 1 saturated heterocycles. The highest BCUT2D eigenvalue weighted by atomic mass is 32.1. The number of nitrogens with zero attached hydrogens (tertiary/aromatic N) is 1. The Morgan fingerprint density at radius 2 is 2.33 bits per heavy atom. The van der Waals surface area contributed by atoms with E-state index < -0.39 is 0 Å². The van der Waals surface area contributed by atoms with Gasteiger partial charge in [0.15, 0.2) is 0 Å². The van der Waals surface area contributed by atoms with Crippen molar-refractivity contribution >= 4 is 17.2 Å². The van der Waals surface area contributed by atoms with Gasteiger partial charge in [-0.3, -0.25) is 4.79 Å². The van der Waals surface area contributed by atoms with Crippen molar-refractivity contribution in [2.75, 3.05) is 20.1 Å². The molecule has 1 atom stereocenters. The van der Waals surface area contributed by atoms with Crippen molar-refractivity contribution in [2.45, 2.75) is 38.6 Å². The fourth-order valence-electron chi connectivity index (χ4n) is 2.49. The Kier molecular flexibility index (Phi) is 4.40. The molecule has 100 valence electrons. The van der Waals surface area contributed by atoms with E-state index in [9.17, 15) is 4.79 Å². The number of nitrogens with one attached hydrogen (secondary N) is 1. The fourth-order valence-corrected chi connectivity index (χ4v) is 3.51. The lowest BCUT2D eigenvalue weighted by molar-refractivity contribution is 0.0702. The van der Waals surface area contributed by atoms with Crippen molar-refractivity contribution < 1.29 is 4.79 Å². The van der Waals surface area contributed by atoms with Gasteiger partial charge in [0.2, 0.25) is 0 Å². The van der Waals surface area contributed by atoms with Gasteiger partial charge in [-0.15, -0.1) is 11.3 Å². The van der Waals surface area contributed by atoms with E-state index in [1.165, 1.54) is 12.0 Å². The molecule has 0 radical (unpaired) electrons. The van der Waals surface area contributed by atoms with Gasteiger partial charge in [0, 0.05) is 19.1 Å². The second kappa shape index (κ2) is 5.85. The van der Waals surface area contributed by atoms with E-state index in [-0.39, 0.29) is 5.91 Å². The first-order valence-electron chi connectivity index (χ1n) is 6.67. The standard InChI is InChI=1S/C14H22N2OS/c1-10(2)12-6-8-18-13(12)14(17)16-7-4-5-11(9-16)15-3/h6,8,10-11,15H,4-5,7,9H2,1-3H3/t11-/m1/s1. The van der Waals surface area contributed by atoms with Crippen LogP contribution in [-0.2, 0) is 0 Å². The van der Waals surface area contributed by atoms with Crippen LogP contribution in [-0.4, -0.2) is 37.0 Å². The van der Waals surface area contributed by atoms with Crippen LogP contribution in [0, 0.1) is 0 Å². The molecule has 1 aromatic rings. The average Bonchev–Trinajstić information content (AvgIpc) is 2.87. The second-order valence-electron chi connectivity index (χ2n) is 5.24. The maximum Gasteiger partial charge on any atom is 0.264 e. The van der Waals surface area contributed by atoms with Gasteiger partial charge in [-0.1, -0.05) is 13.8 Å². The van der Waals surface area contributed by atoms with E-state index in [1.807, 2.05) is 17.3 Å². The molecular weight excluding hydrogens is 244 g/mol. The fraction of sp³-hybridized carbons (Fsp3) is 0.643. The highest BCUT2D eigenvalue weighted by molar-refractivity contribution is 7.12. The Labute approximate surface area is 113 Å². The molecule has 0 saturated carbocycles. The molecule has 0 aliphatic carbocycles. The molecule has 18 heavy (non-hydrogen) atoms. The molecule has 1 aromatic heterocycles. The van der Waals surface area contributed by atoms with Crippen molar-refractivity contribution in [1.29, 1.82) is 0 Å². The average molecular weight is 266 g/mol. The third-order valence-corrected chi connectivity index (χ3v) is 4.55. The van der Waals surface area contributed by atoms with Crippen molar-refractivity contribution in [3.63, 3.8) is 0 Å². The maximum absolute atomic E-state index is 12.6. The quantitative estimate of drug-likeness (QED) is 0.912. The second-order valence-corrected chi connectivity index (χ2v) is 6.15. The van der Waals surface area contributed by atoms with E-state index in [0.717, 1.165) is 24.4 Å². The lowest BCUT2D eigenvalue weighted by atomic mass is 10.0. The predicted molar refractivity (Wildman–Crippen MR) is 76.4 cm³/mol. The van der Waals surface area contributed by atoms with Crippen LogP contribution in [0.25, 0.3) is 0 Å². The summed E-state index contributed by atoms with van der Waals surface area (Å²) in [6.45, 7) is 6.02. The highest BCUT2D eigenvalue weighted by Crippen LogP contribution is 2.27. The van der Waals surface area contributed by atoms with Gasteiger partial charge in [0.1, 0.15) is 0 Å². The Balaban J connectivity index is 2.13. The van der Waals surface area contributed by atoms with Crippen LogP contribution in [0.5, 0.6) is 0 Å². The first-order valence-corrected chi connectivity index (χ1v) is 7.55. The largest absolute Gasteiger partial charge is 0.336 e. The summed E-state index contributed by atoms with van der Waals surface area (Å²) in [4.78, 5) is 15.5.